The lowest BCUT2D eigenvalue weighted by Crippen LogP contribution is -1.95. The molecule has 0 bridgehead atoms. The second-order valence-electron chi connectivity index (χ2n) is 4.50. The Bertz CT molecular complexity index is 733. The molecule has 102 valence electrons. The summed E-state index contributed by atoms with van der Waals surface area (Å²) in [7, 11) is 0. The number of phenols is 1. The summed E-state index contributed by atoms with van der Waals surface area (Å²) in [5.41, 5.74) is 7.54. The molecule has 0 amide bonds. The van der Waals surface area contributed by atoms with Gasteiger partial charge in [0.1, 0.15) is 18.0 Å². The van der Waals surface area contributed by atoms with E-state index < -0.39 is 0 Å². The Balaban J connectivity index is 1.83. The Morgan fingerprint density at radius 3 is 2.75 bits per heavy atom. The molecular weight excluding hydrogens is 254 g/mol. The van der Waals surface area contributed by atoms with Crippen molar-refractivity contribution in [2.45, 2.75) is 13.2 Å². The van der Waals surface area contributed by atoms with Crippen LogP contribution in [0.3, 0.4) is 0 Å². The summed E-state index contributed by atoms with van der Waals surface area (Å²) >= 11 is 0. The largest absolute Gasteiger partial charge is 0.504 e. The minimum Gasteiger partial charge on any atom is -0.504 e. The summed E-state index contributed by atoms with van der Waals surface area (Å²) in [5, 5.41) is 10.6. The summed E-state index contributed by atoms with van der Waals surface area (Å²) in [5.74, 6) is 1.25. The Hall–Kier alpha value is -2.46. The van der Waals surface area contributed by atoms with Crippen molar-refractivity contribution in [3.8, 4) is 11.5 Å². The minimum absolute atomic E-state index is 0.117. The van der Waals surface area contributed by atoms with Crippen LogP contribution in [-0.2, 0) is 13.2 Å². The van der Waals surface area contributed by atoms with Gasteiger partial charge in [0.2, 0.25) is 0 Å². The van der Waals surface area contributed by atoms with Crippen LogP contribution in [0.4, 0.5) is 0 Å². The average molecular weight is 269 g/mol. The number of ether oxygens (including phenoxy) is 1. The minimum atomic E-state index is 0.117. The number of phenolic OH excluding ortho intramolecular Hbond substituents is 1. The number of fused-ring (bicyclic) bond motifs is 1. The van der Waals surface area contributed by atoms with Crippen molar-refractivity contribution in [2.24, 2.45) is 5.73 Å². The molecule has 4 heteroatoms. The highest BCUT2D eigenvalue weighted by Crippen LogP contribution is 2.27. The molecule has 0 atom stereocenters. The van der Waals surface area contributed by atoms with Gasteiger partial charge in [-0.05, 0) is 29.8 Å². The Morgan fingerprint density at radius 1 is 1.10 bits per heavy atom. The van der Waals surface area contributed by atoms with Crippen LogP contribution < -0.4 is 10.5 Å². The third kappa shape index (κ3) is 2.33. The highest BCUT2D eigenvalue weighted by molar-refractivity contribution is 5.81. The number of hydrogen-bond acceptors (Lipinski definition) is 4. The third-order valence-corrected chi connectivity index (χ3v) is 3.16. The first-order valence-electron chi connectivity index (χ1n) is 6.39. The molecule has 20 heavy (non-hydrogen) atoms. The fraction of sp³-hybridized carbons (Fsp3) is 0.125. The van der Waals surface area contributed by atoms with E-state index in [9.17, 15) is 5.11 Å². The number of aromatic hydroxyl groups is 1. The van der Waals surface area contributed by atoms with Gasteiger partial charge in [-0.15, -0.1) is 0 Å². The van der Waals surface area contributed by atoms with Gasteiger partial charge in [0.05, 0.1) is 0 Å². The van der Waals surface area contributed by atoms with Gasteiger partial charge in [0, 0.05) is 11.9 Å². The topological polar surface area (TPSA) is 68.6 Å². The Labute approximate surface area is 116 Å². The number of benzene rings is 2. The fourth-order valence-corrected chi connectivity index (χ4v) is 2.15. The van der Waals surface area contributed by atoms with Gasteiger partial charge in [0.15, 0.2) is 11.5 Å². The number of rotatable bonds is 4. The summed E-state index contributed by atoms with van der Waals surface area (Å²) < 4.78 is 11.3. The molecule has 2 aromatic carbocycles. The molecule has 4 nitrogen and oxygen atoms in total. The van der Waals surface area contributed by atoms with Crippen LogP contribution in [0, 0.1) is 0 Å². The molecule has 0 saturated heterocycles. The van der Waals surface area contributed by atoms with Gasteiger partial charge >= 0.3 is 0 Å². The van der Waals surface area contributed by atoms with E-state index in [0.717, 1.165) is 16.5 Å². The SMILES string of the molecule is NCc1cccc2oc(COc3ccccc3O)cc12. The maximum Gasteiger partial charge on any atom is 0.161 e. The van der Waals surface area contributed by atoms with Crippen LogP contribution in [0.1, 0.15) is 11.3 Å². The van der Waals surface area contributed by atoms with Gasteiger partial charge in [0.25, 0.3) is 0 Å². The van der Waals surface area contributed by atoms with Crippen molar-refractivity contribution in [1.29, 1.82) is 0 Å². The van der Waals surface area contributed by atoms with Crippen LogP contribution in [0.25, 0.3) is 11.0 Å². The van der Waals surface area contributed by atoms with Crippen LogP contribution in [-0.4, -0.2) is 5.11 Å². The van der Waals surface area contributed by atoms with E-state index >= 15 is 0 Å². The quantitative estimate of drug-likeness (QED) is 0.763. The molecule has 3 N–H and O–H groups in total. The highest BCUT2D eigenvalue weighted by atomic mass is 16.5. The lowest BCUT2D eigenvalue weighted by molar-refractivity contribution is 0.262. The zero-order chi connectivity index (χ0) is 13.9. The molecule has 3 rings (SSSR count). The van der Waals surface area contributed by atoms with E-state index in [1.807, 2.05) is 24.3 Å². The standard InChI is InChI=1S/C16H15NO3/c17-9-11-4-3-7-15-13(11)8-12(20-15)10-19-16-6-2-1-5-14(16)18/h1-8,18H,9-10,17H2. The number of hydrogen-bond donors (Lipinski definition) is 2. The predicted molar refractivity (Wildman–Crippen MR) is 76.5 cm³/mol. The number of nitrogens with two attached hydrogens (primary N) is 1. The first kappa shape index (κ1) is 12.6. The van der Waals surface area contributed by atoms with E-state index in [0.29, 0.717) is 18.1 Å². The third-order valence-electron chi connectivity index (χ3n) is 3.16. The molecule has 0 aliphatic carbocycles. The van der Waals surface area contributed by atoms with Crippen molar-refractivity contribution < 1.29 is 14.3 Å². The summed E-state index contributed by atoms with van der Waals surface area (Å²) in [4.78, 5) is 0. The smallest absolute Gasteiger partial charge is 0.161 e. The zero-order valence-corrected chi connectivity index (χ0v) is 10.9. The molecule has 0 unspecified atom stereocenters. The van der Waals surface area contributed by atoms with Gasteiger partial charge in [-0.25, -0.2) is 0 Å². The molecule has 0 aliphatic rings. The maximum atomic E-state index is 9.64. The number of furan rings is 1. The molecule has 1 aromatic heterocycles. The van der Waals surface area contributed by atoms with Crippen molar-refractivity contribution >= 4 is 11.0 Å². The summed E-state index contributed by atoms with van der Waals surface area (Å²) in [6.07, 6.45) is 0. The summed E-state index contributed by atoms with van der Waals surface area (Å²) in [6.45, 7) is 0.729. The first-order valence-corrected chi connectivity index (χ1v) is 6.39. The Morgan fingerprint density at radius 2 is 1.95 bits per heavy atom. The van der Waals surface area contributed by atoms with Crippen molar-refractivity contribution in [3.63, 3.8) is 0 Å². The zero-order valence-electron chi connectivity index (χ0n) is 10.9. The van der Waals surface area contributed by atoms with Crippen molar-refractivity contribution in [1.82, 2.24) is 0 Å². The second-order valence-corrected chi connectivity index (χ2v) is 4.50. The molecule has 0 aliphatic heterocycles. The average Bonchev–Trinajstić information content (AvgIpc) is 2.89. The van der Waals surface area contributed by atoms with E-state index in [1.54, 1.807) is 24.3 Å². The highest BCUT2D eigenvalue weighted by Gasteiger charge is 2.08. The van der Waals surface area contributed by atoms with Crippen LogP contribution in [0.2, 0.25) is 0 Å². The lowest BCUT2D eigenvalue weighted by Gasteiger charge is -2.05. The molecule has 0 saturated carbocycles. The normalized spacial score (nSPS) is 10.8. The maximum absolute atomic E-state index is 9.64. The van der Waals surface area contributed by atoms with Crippen LogP contribution in [0.5, 0.6) is 11.5 Å². The van der Waals surface area contributed by atoms with E-state index in [1.165, 1.54) is 0 Å². The lowest BCUT2D eigenvalue weighted by atomic mass is 10.1. The van der Waals surface area contributed by atoms with Gasteiger partial charge in [-0.3, -0.25) is 0 Å². The van der Waals surface area contributed by atoms with Gasteiger partial charge in [-0.1, -0.05) is 24.3 Å². The molecule has 0 radical (unpaired) electrons. The molecule has 1 heterocycles. The van der Waals surface area contributed by atoms with E-state index in [4.69, 9.17) is 14.9 Å². The fourth-order valence-electron chi connectivity index (χ4n) is 2.15. The first-order chi connectivity index (χ1) is 9.78. The second kappa shape index (κ2) is 5.27. The van der Waals surface area contributed by atoms with Gasteiger partial charge < -0.3 is 20.0 Å². The van der Waals surface area contributed by atoms with Crippen molar-refractivity contribution in [2.75, 3.05) is 0 Å². The number of para-hydroxylation sites is 2. The summed E-state index contributed by atoms with van der Waals surface area (Å²) in [6, 6.07) is 14.6. The molecule has 0 fully saturated rings. The molecule has 3 aromatic rings. The Kier molecular flexibility index (Phi) is 3.31. The van der Waals surface area contributed by atoms with Crippen LogP contribution >= 0.6 is 0 Å². The predicted octanol–water partition coefficient (Wildman–Crippen LogP) is 3.18. The van der Waals surface area contributed by atoms with E-state index in [-0.39, 0.29) is 12.4 Å². The van der Waals surface area contributed by atoms with E-state index in [2.05, 4.69) is 0 Å². The van der Waals surface area contributed by atoms with Crippen LogP contribution in [0.15, 0.2) is 52.9 Å². The monoisotopic (exact) mass is 269 g/mol. The molecule has 0 spiro atoms. The molecular formula is C16H15NO3. The van der Waals surface area contributed by atoms with Gasteiger partial charge in [-0.2, -0.15) is 0 Å². The van der Waals surface area contributed by atoms with Crippen molar-refractivity contribution in [3.05, 3.63) is 59.9 Å².